The highest BCUT2D eigenvalue weighted by molar-refractivity contribution is 5.92. The molecule has 2 aromatic carbocycles. The van der Waals surface area contributed by atoms with Gasteiger partial charge in [0.25, 0.3) is 0 Å². The Morgan fingerprint density at radius 2 is 1.73 bits per heavy atom. The SMILES string of the molecule is Cc1ccc2c(=O)c(OC(=O)c3ccc(C(C)(C)C)cc3)c(-c3ccco3)oc2c1. The first-order chi connectivity index (χ1) is 14.2. The lowest BCUT2D eigenvalue weighted by Gasteiger charge is -2.19. The minimum atomic E-state index is -0.637. The Morgan fingerprint density at radius 3 is 2.37 bits per heavy atom. The van der Waals surface area contributed by atoms with E-state index in [0.717, 1.165) is 11.1 Å². The van der Waals surface area contributed by atoms with Gasteiger partial charge in [-0.05, 0) is 59.9 Å². The zero-order chi connectivity index (χ0) is 21.5. The molecule has 0 bridgehead atoms. The summed E-state index contributed by atoms with van der Waals surface area (Å²) in [6.45, 7) is 8.19. The van der Waals surface area contributed by atoms with Crippen LogP contribution in [0.4, 0.5) is 0 Å². The van der Waals surface area contributed by atoms with Crippen molar-refractivity contribution >= 4 is 16.9 Å². The molecule has 0 fully saturated rings. The van der Waals surface area contributed by atoms with E-state index in [1.165, 1.54) is 6.26 Å². The van der Waals surface area contributed by atoms with E-state index in [4.69, 9.17) is 13.6 Å². The van der Waals surface area contributed by atoms with Crippen LogP contribution in [0.2, 0.25) is 0 Å². The normalized spacial score (nSPS) is 11.6. The molecule has 0 spiro atoms. The first-order valence-electron chi connectivity index (χ1n) is 9.68. The molecule has 0 radical (unpaired) electrons. The van der Waals surface area contributed by atoms with E-state index >= 15 is 0 Å². The summed E-state index contributed by atoms with van der Waals surface area (Å²) in [5.41, 5.74) is 2.32. The fraction of sp³-hybridized carbons (Fsp3) is 0.200. The molecule has 30 heavy (non-hydrogen) atoms. The van der Waals surface area contributed by atoms with Crippen molar-refractivity contribution in [1.82, 2.24) is 0 Å². The maximum absolute atomic E-state index is 13.1. The van der Waals surface area contributed by atoms with Crippen LogP contribution in [0, 0.1) is 6.92 Å². The summed E-state index contributed by atoms with van der Waals surface area (Å²) >= 11 is 0. The molecule has 0 unspecified atom stereocenters. The number of fused-ring (bicyclic) bond motifs is 1. The molecule has 0 aliphatic carbocycles. The summed E-state index contributed by atoms with van der Waals surface area (Å²) in [5, 5.41) is 0.335. The molecule has 0 amide bonds. The lowest BCUT2D eigenvalue weighted by Crippen LogP contribution is -2.17. The maximum Gasteiger partial charge on any atom is 0.343 e. The number of aryl methyl sites for hydroxylation is 1. The average Bonchev–Trinajstić information content (AvgIpc) is 3.23. The smallest absolute Gasteiger partial charge is 0.343 e. The lowest BCUT2D eigenvalue weighted by atomic mass is 9.87. The van der Waals surface area contributed by atoms with Crippen molar-refractivity contribution < 1.29 is 18.4 Å². The molecule has 0 aliphatic heterocycles. The van der Waals surface area contributed by atoms with Crippen LogP contribution in [-0.4, -0.2) is 5.97 Å². The van der Waals surface area contributed by atoms with Crippen LogP contribution < -0.4 is 10.2 Å². The Labute approximate surface area is 173 Å². The van der Waals surface area contributed by atoms with Gasteiger partial charge in [-0.2, -0.15) is 0 Å². The minimum absolute atomic E-state index is 0.0353. The van der Waals surface area contributed by atoms with E-state index in [0.29, 0.717) is 22.3 Å². The predicted molar refractivity (Wildman–Crippen MR) is 115 cm³/mol. The van der Waals surface area contributed by atoms with Crippen LogP contribution in [0.5, 0.6) is 5.75 Å². The van der Waals surface area contributed by atoms with Gasteiger partial charge in [-0.3, -0.25) is 4.79 Å². The van der Waals surface area contributed by atoms with E-state index in [1.54, 1.807) is 36.4 Å². The predicted octanol–water partition coefficient (Wildman–Crippen LogP) is 5.88. The standard InChI is InChI=1S/C25H22O5/c1-15-7-12-18-20(14-15)29-22(19-6-5-13-28-19)23(21(18)26)30-24(27)16-8-10-17(11-9-16)25(2,3)4/h5-14H,1-4H3. The molecular formula is C25H22O5. The van der Waals surface area contributed by atoms with Gasteiger partial charge < -0.3 is 13.6 Å². The topological polar surface area (TPSA) is 69.7 Å². The van der Waals surface area contributed by atoms with E-state index in [-0.39, 0.29) is 16.9 Å². The highest BCUT2D eigenvalue weighted by atomic mass is 16.5. The number of hydrogen-bond donors (Lipinski definition) is 0. The van der Waals surface area contributed by atoms with Crippen LogP contribution in [0.3, 0.4) is 0 Å². The molecule has 0 saturated heterocycles. The number of furan rings is 1. The van der Waals surface area contributed by atoms with Crippen molar-refractivity contribution in [3.8, 4) is 17.3 Å². The van der Waals surface area contributed by atoms with Crippen molar-refractivity contribution in [2.45, 2.75) is 33.1 Å². The Bertz CT molecular complexity index is 1270. The summed E-state index contributed by atoms with van der Waals surface area (Å²) in [6.07, 6.45) is 1.46. The third-order valence-electron chi connectivity index (χ3n) is 4.93. The van der Waals surface area contributed by atoms with Crippen LogP contribution in [0.15, 0.2) is 74.5 Å². The summed E-state index contributed by atoms with van der Waals surface area (Å²) in [5.74, 6) is -0.433. The van der Waals surface area contributed by atoms with Crippen LogP contribution in [0.1, 0.15) is 42.3 Å². The molecule has 0 aliphatic rings. The first-order valence-corrected chi connectivity index (χ1v) is 9.68. The van der Waals surface area contributed by atoms with Gasteiger partial charge in [0.15, 0.2) is 5.76 Å². The zero-order valence-corrected chi connectivity index (χ0v) is 17.3. The second-order valence-electron chi connectivity index (χ2n) is 8.28. The number of benzene rings is 2. The van der Waals surface area contributed by atoms with Gasteiger partial charge in [0.05, 0.1) is 17.2 Å². The third-order valence-corrected chi connectivity index (χ3v) is 4.93. The van der Waals surface area contributed by atoms with E-state index in [9.17, 15) is 9.59 Å². The number of rotatable bonds is 3. The summed E-state index contributed by atoms with van der Waals surface area (Å²) in [6, 6.07) is 15.7. The number of carbonyl (C=O) groups is 1. The molecule has 5 nitrogen and oxygen atoms in total. The molecule has 0 saturated carbocycles. The van der Waals surface area contributed by atoms with Crippen molar-refractivity contribution in [3.05, 3.63) is 87.8 Å². The second-order valence-corrected chi connectivity index (χ2v) is 8.28. The van der Waals surface area contributed by atoms with Crippen molar-refractivity contribution in [3.63, 3.8) is 0 Å². The van der Waals surface area contributed by atoms with Gasteiger partial charge in [-0.25, -0.2) is 4.79 Å². The summed E-state index contributed by atoms with van der Waals surface area (Å²) in [4.78, 5) is 25.9. The van der Waals surface area contributed by atoms with Crippen LogP contribution in [-0.2, 0) is 5.41 Å². The van der Waals surface area contributed by atoms with Crippen molar-refractivity contribution in [2.75, 3.05) is 0 Å². The molecular weight excluding hydrogens is 380 g/mol. The molecule has 152 valence electrons. The number of ether oxygens (including phenoxy) is 1. The van der Waals surface area contributed by atoms with Gasteiger partial charge in [0.2, 0.25) is 16.9 Å². The zero-order valence-electron chi connectivity index (χ0n) is 17.3. The Morgan fingerprint density at radius 1 is 1.00 bits per heavy atom. The molecule has 4 rings (SSSR count). The molecule has 5 heteroatoms. The average molecular weight is 402 g/mol. The molecule has 0 atom stereocenters. The number of carbonyl (C=O) groups excluding carboxylic acids is 1. The molecule has 2 heterocycles. The first kappa shape index (κ1) is 19.7. The largest absolute Gasteiger partial charge is 0.461 e. The van der Waals surface area contributed by atoms with Gasteiger partial charge >= 0.3 is 5.97 Å². The van der Waals surface area contributed by atoms with Gasteiger partial charge in [-0.15, -0.1) is 0 Å². The Balaban J connectivity index is 1.79. The summed E-state index contributed by atoms with van der Waals surface area (Å²) < 4.78 is 16.9. The maximum atomic E-state index is 13.1. The Hall–Kier alpha value is -3.60. The highest BCUT2D eigenvalue weighted by Crippen LogP contribution is 2.32. The fourth-order valence-corrected chi connectivity index (χ4v) is 3.20. The monoisotopic (exact) mass is 402 g/mol. The molecule has 0 N–H and O–H groups in total. The second kappa shape index (κ2) is 7.34. The fourth-order valence-electron chi connectivity index (χ4n) is 3.20. The van der Waals surface area contributed by atoms with Crippen molar-refractivity contribution in [1.29, 1.82) is 0 Å². The van der Waals surface area contributed by atoms with E-state index < -0.39 is 11.4 Å². The minimum Gasteiger partial charge on any atom is -0.461 e. The molecule has 2 aromatic heterocycles. The number of hydrogen-bond acceptors (Lipinski definition) is 5. The lowest BCUT2D eigenvalue weighted by molar-refractivity contribution is 0.0731. The van der Waals surface area contributed by atoms with E-state index in [1.807, 2.05) is 25.1 Å². The van der Waals surface area contributed by atoms with Crippen LogP contribution >= 0.6 is 0 Å². The highest BCUT2D eigenvalue weighted by Gasteiger charge is 2.23. The third kappa shape index (κ3) is 3.66. The summed E-state index contributed by atoms with van der Waals surface area (Å²) in [7, 11) is 0. The molecule has 4 aromatic rings. The van der Waals surface area contributed by atoms with Gasteiger partial charge in [0.1, 0.15) is 5.58 Å². The van der Waals surface area contributed by atoms with Gasteiger partial charge in [-0.1, -0.05) is 39.0 Å². The van der Waals surface area contributed by atoms with E-state index in [2.05, 4.69) is 20.8 Å². The number of esters is 1. The van der Waals surface area contributed by atoms with Gasteiger partial charge in [0, 0.05) is 0 Å². The quantitative estimate of drug-likeness (QED) is 0.400. The Kier molecular flexibility index (Phi) is 4.82. The van der Waals surface area contributed by atoms with Crippen LogP contribution in [0.25, 0.3) is 22.5 Å². The van der Waals surface area contributed by atoms with Crippen molar-refractivity contribution in [2.24, 2.45) is 0 Å².